The van der Waals surface area contributed by atoms with Gasteiger partial charge in [-0.3, -0.25) is 0 Å². The summed E-state index contributed by atoms with van der Waals surface area (Å²) in [6.07, 6.45) is 3.05. The van der Waals surface area contributed by atoms with Gasteiger partial charge in [0.25, 0.3) is 0 Å². The van der Waals surface area contributed by atoms with Gasteiger partial charge in [0.15, 0.2) is 0 Å². The molecule has 0 aliphatic carbocycles. The normalized spacial score (nSPS) is 22.5. The van der Waals surface area contributed by atoms with Gasteiger partial charge in [0.1, 0.15) is 5.82 Å². The number of nitrogens with two attached hydrogens (primary N) is 1. The molecule has 0 amide bonds. The average molecular weight is 207 g/mol. The second kappa shape index (κ2) is 4.49. The monoisotopic (exact) mass is 207 g/mol. The van der Waals surface area contributed by atoms with Crippen LogP contribution in [0.4, 0.5) is 11.5 Å². The van der Waals surface area contributed by atoms with Crippen LogP contribution >= 0.6 is 0 Å². The number of aromatic nitrogens is 1. The van der Waals surface area contributed by atoms with Crippen molar-refractivity contribution in [2.75, 3.05) is 30.3 Å². The Morgan fingerprint density at radius 1 is 1.60 bits per heavy atom. The van der Waals surface area contributed by atoms with Gasteiger partial charge in [-0.15, -0.1) is 0 Å². The number of rotatable bonds is 1. The first-order valence-corrected chi connectivity index (χ1v) is 5.34. The van der Waals surface area contributed by atoms with Gasteiger partial charge in [-0.05, 0) is 19.4 Å². The molecule has 1 aliphatic rings. The zero-order chi connectivity index (χ0) is 10.7. The van der Waals surface area contributed by atoms with Crippen molar-refractivity contribution in [1.82, 2.24) is 4.98 Å². The fraction of sp³-hybridized carbons (Fsp3) is 0.545. The van der Waals surface area contributed by atoms with Gasteiger partial charge in [0.05, 0.1) is 6.10 Å². The third-order valence-electron chi connectivity index (χ3n) is 2.55. The fourth-order valence-corrected chi connectivity index (χ4v) is 1.81. The molecule has 0 aromatic carbocycles. The van der Waals surface area contributed by atoms with E-state index < -0.39 is 0 Å². The Balaban J connectivity index is 2.14. The SMILES string of the molecule is CC1CN(c2cc(N)ccn2)CCCO1. The number of pyridine rings is 1. The van der Waals surface area contributed by atoms with Crippen molar-refractivity contribution in [1.29, 1.82) is 0 Å². The van der Waals surface area contributed by atoms with Gasteiger partial charge < -0.3 is 15.4 Å². The Labute approximate surface area is 90.0 Å². The maximum Gasteiger partial charge on any atom is 0.130 e. The van der Waals surface area contributed by atoms with Crippen LogP contribution in [-0.4, -0.2) is 30.8 Å². The van der Waals surface area contributed by atoms with Crippen LogP contribution in [0.1, 0.15) is 13.3 Å². The summed E-state index contributed by atoms with van der Waals surface area (Å²) in [5, 5.41) is 0. The molecule has 1 aliphatic heterocycles. The minimum absolute atomic E-state index is 0.260. The average Bonchev–Trinajstić information content (AvgIpc) is 2.43. The summed E-state index contributed by atoms with van der Waals surface area (Å²) < 4.78 is 5.58. The van der Waals surface area contributed by atoms with Crippen molar-refractivity contribution >= 4 is 11.5 Å². The number of hydrogen-bond acceptors (Lipinski definition) is 4. The van der Waals surface area contributed by atoms with E-state index in [0.29, 0.717) is 0 Å². The first-order valence-electron chi connectivity index (χ1n) is 5.34. The molecule has 0 bridgehead atoms. The van der Waals surface area contributed by atoms with Crippen molar-refractivity contribution in [3.05, 3.63) is 18.3 Å². The van der Waals surface area contributed by atoms with Crippen LogP contribution in [-0.2, 0) is 4.74 Å². The Morgan fingerprint density at radius 3 is 3.27 bits per heavy atom. The largest absolute Gasteiger partial charge is 0.399 e. The molecule has 1 aromatic rings. The summed E-state index contributed by atoms with van der Waals surface area (Å²) in [7, 11) is 0. The van der Waals surface area contributed by atoms with Crippen molar-refractivity contribution in [2.45, 2.75) is 19.4 Å². The van der Waals surface area contributed by atoms with Crippen LogP contribution in [0.15, 0.2) is 18.3 Å². The molecular formula is C11H17N3O. The lowest BCUT2D eigenvalue weighted by Gasteiger charge is -2.23. The lowest BCUT2D eigenvalue weighted by molar-refractivity contribution is 0.0820. The van der Waals surface area contributed by atoms with Gasteiger partial charge in [0, 0.05) is 37.6 Å². The Kier molecular flexibility index (Phi) is 3.06. The highest BCUT2D eigenvalue weighted by atomic mass is 16.5. The molecule has 2 rings (SSSR count). The molecule has 0 saturated carbocycles. The van der Waals surface area contributed by atoms with Crippen LogP contribution in [0.5, 0.6) is 0 Å². The molecule has 1 fully saturated rings. The van der Waals surface area contributed by atoms with E-state index in [2.05, 4.69) is 16.8 Å². The molecule has 1 unspecified atom stereocenters. The van der Waals surface area contributed by atoms with Crippen molar-refractivity contribution < 1.29 is 4.74 Å². The van der Waals surface area contributed by atoms with E-state index in [1.807, 2.05) is 6.07 Å². The third-order valence-corrected chi connectivity index (χ3v) is 2.55. The lowest BCUT2D eigenvalue weighted by atomic mass is 10.3. The van der Waals surface area contributed by atoms with Gasteiger partial charge >= 0.3 is 0 Å². The highest BCUT2D eigenvalue weighted by Crippen LogP contribution is 2.17. The van der Waals surface area contributed by atoms with Crippen molar-refractivity contribution in [3.8, 4) is 0 Å². The van der Waals surface area contributed by atoms with E-state index in [4.69, 9.17) is 10.5 Å². The second-order valence-electron chi connectivity index (χ2n) is 3.93. The zero-order valence-electron chi connectivity index (χ0n) is 9.02. The Hall–Kier alpha value is -1.29. The van der Waals surface area contributed by atoms with E-state index in [1.165, 1.54) is 0 Å². The van der Waals surface area contributed by atoms with Crippen molar-refractivity contribution in [2.24, 2.45) is 0 Å². The standard InChI is InChI=1S/C11H17N3O/c1-9-8-14(5-2-6-15-9)11-7-10(12)3-4-13-11/h3-4,7,9H,2,5-6,8H2,1H3,(H2,12,13). The molecule has 4 nitrogen and oxygen atoms in total. The molecule has 1 atom stereocenters. The van der Waals surface area contributed by atoms with E-state index in [9.17, 15) is 0 Å². The van der Waals surface area contributed by atoms with Crippen molar-refractivity contribution in [3.63, 3.8) is 0 Å². The fourth-order valence-electron chi connectivity index (χ4n) is 1.81. The summed E-state index contributed by atoms with van der Waals surface area (Å²) >= 11 is 0. The lowest BCUT2D eigenvalue weighted by Crippen LogP contribution is -2.30. The molecule has 1 aromatic heterocycles. The summed E-state index contributed by atoms with van der Waals surface area (Å²) in [5.41, 5.74) is 6.50. The molecule has 0 radical (unpaired) electrons. The number of nitrogens with zero attached hydrogens (tertiary/aromatic N) is 2. The van der Waals surface area contributed by atoms with Gasteiger partial charge in [-0.25, -0.2) is 4.98 Å². The molecule has 15 heavy (non-hydrogen) atoms. The van der Waals surface area contributed by atoms with Crippen LogP contribution in [0.2, 0.25) is 0 Å². The van der Waals surface area contributed by atoms with Crippen LogP contribution in [0.25, 0.3) is 0 Å². The number of anilines is 2. The minimum atomic E-state index is 0.260. The van der Waals surface area contributed by atoms with E-state index in [1.54, 1.807) is 12.3 Å². The van der Waals surface area contributed by atoms with E-state index >= 15 is 0 Å². The highest BCUT2D eigenvalue weighted by Gasteiger charge is 2.16. The van der Waals surface area contributed by atoms with Gasteiger partial charge in [-0.2, -0.15) is 0 Å². The Bertz CT molecular complexity index is 329. The van der Waals surface area contributed by atoms with Crippen LogP contribution < -0.4 is 10.6 Å². The first kappa shape index (κ1) is 10.2. The van der Waals surface area contributed by atoms with Crippen LogP contribution in [0, 0.1) is 0 Å². The predicted molar refractivity (Wildman–Crippen MR) is 60.9 cm³/mol. The summed E-state index contributed by atoms with van der Waals surface area (Å²) in [6.45, 7) is 4.79. The predicted octanol–water partition coefficient (Wildman–Crippen LogP) is 1.28. The Morgan fingerprint density at radius 2 is 2.47 bits per heavy atom. The summed E-state index contributed by atoms with van der Waals surface area (Å²) in [6, 6.07) is 3.72. The number of nitrogen functional groups attached to an aromatic ring is 1. The molecule has 0 spiro atoms. The number of ether oxygens (including phenoxy) is 1. The van der Waals surface area contributed by atoms with Crippen LogP contribution in [0.3, 0.4) is 0 Å². The first-order chi connectivity index (χ1) is 7.25. The third kappa shape index (κ3) is 2.59. The summed E-state index contributed by atoms with van der Waals surface area (Å²) in [5.74, 6) is 0.951. The molecule has 4 heteroatoms. The van der Waals surface area contributed by atoms with Gasteiger partial charge in [0.2, 0.25) is 0 Å². The molecule has 2 N–H and O–H groups in total. The minimum Gasteiger partial charge on any atom is -0.399 e. The smallest absolute Gasteiger partial charge is 0.130 e. The highest BCUT2D eigenvalue weighted by molar-refractivity contribution is 5.50. The zero-order valence-corrected chi connectivity index (χ0v) is 9.02. The van der Waals surface area contributed by atoms with E-state index in [0.717, 1.165) is 37.6 Å². The quantitative estimate of drug-likeness (QED) is 0.753. The van der Waals surface area contributed by atoms with E-state index in [-0.39, 0.29) is 6.10 Å². The molecule has 82 valence electrons. The van der Waals surface area contributed by atoms with Gasteiger partial charge in [-0.1, -0.05) is 0 Å². The maximum absolute atomic E-state index is 5.74. The number of hydrogen-bond donors (Lipinski definition) is 1. The maximum atomic E-state index is 5.74. The molecular weight excluding hydrogens is 190 g/mol. The summed E-state index contributed by atoms with van der Waals surface area (Å²) in [4.78, 5) is 6.56. The molecule has 1 saturated heterocycles. The molecule has 2 heterocycles. The topological polar surface area (TPSA) is 51.4 Å². The second-order valence-corrected chi connectivity index (χ2v) is 3.93.